The quantitative estimate of drug-likeness (QED) is 0.348. The van der Waals surface area contributed by atoms with Crippen molar-refractivity contribution in [2.24, 2.45) is 0 Å². The van der Waals surface area contributed by atoms with Crippen LogP contribution in [0.5, 0.6) is 0 Å². The second kappa shape index (κ2) is 15.9. The van der Waals surface area contributed by atoms with E-state index in [-0.39, 0.29) is 17.0 Å². The van der Waals surface area contributed by atoms with Crippen LogP contribution in [0.2, 0.25) is 0 Å². The van der Waals surface area contributed by atoms with E-state index < -0.39 is 5.82 Å². The van der Waals surface area contributed by atoms with E-state index in [2.05, 4.69) is 24.5 Å². The molecule has 0 saturated heterocycles. The molecule has 10 heteroatoms. The number of aromatic nitrogens is 4. The standard InChI is InChI=1S/C23H20FN5O2.C3H6O2.2C2H6/c1-14-12-25-21-13-28(8-9-29(14)21)23(31)18-10-15(6-7-19(18)24)11-20-16-4-2-3-5-17(16)22(30)27-26-20;1-2-5-3-4;2*1-2/h2-7,10,12H,8-9,11,13H2,1H3,(H,27,30);3H,2H2,1H3;2*1-2H3. The number of carbonyl (C=O) groups excluding carboxylic acids is 2. The third kappa shape index (κ3) is 7.62. The second-order valence-corrected chi connectivity index (χ2v) is 8.28. The van der Waals surface area contributed by atoms with Gasteiger partial charge in [0, 0.05) is 36.8 Å². The Morgan fingerprint density at radius 3 is 2.45 bits per heavy atom. The van der Waals surface area contributed by atoms with Gasteiger partial charge in [-0.15, -0.1) is 0 Å². The van der Waals surface area contributed by atoms with Gasteiger partial charge in [0.25, 0.3) is 17.9 Å². The number of amides is 1. The zero-order chi connectivity index (χ0) is 29.7. The average molecular weight is 552 g/mol. The average Bonchev–Trinajstić information content (AvgIpc) is 3.38. The summed E-state index contributed by atoms with van der Waals surface area (Å²) in [5, 5.41) is 7.97. The SMILES string of the molecule is CC.CC.CCOC=O.Cc1cnc2n1CCN(C(=O)c1cc(Cc3n[nH]c(=O)c4ccccc34)ccc1F)C2. The molecule has 2 aromatic heterocycles. The van der Waals surface area contributed by atoms with E-state index in [1.807, 2.05) is 46.8 Å². The molecule has 0 atom stereocenters. The molecule has 0 fully saturated rings. The molecule has 0 spiro atoms. The van der Waals surface area contributed by atoms with Gasteiger partial charge in [-0.05, 0) is 37.6 Å². The minimum Gasteiger partial charge on any atom is -0.468 e. The second-order valence-electron chi connectivity index (χ2n) is 8.28. The highest BCUT2D eigenvalue weighted by Gasteiger charge is 2.25. The van der Waals surface area contributed by atoms with Crippen molar-refractivity contribution in [1.29, 1.82) is 0 Å². The molecule has 1 aliphatic rings. The Hall–Kier alpha value is -4.34. The van der Waals surface area contributed by atoms with E-state index in [9.17, 15) is 18.8 Å². The van der Waals surface area contributed by atoms with Crippen molar-refractivity contribution in [3.63, 3.8) is 0 Å². The van der Waals surface area contributed by atoms with Gasteiger partial charge in [0.05, 0.1) is 29.8 Å². The topological polar surface area (TPSA) is 110 Å². The fraction of sp³-hybridized carbons (Fsp3) is 0.367. The summed E-state index contributed by atoms with van der Waals surface area (Å²) < 4.78 is 20.8. The molecule has 0 unspecified atom stereocenters. The smallest absolute Gasteiger partial charge is 0.293 e. The summed E-state index contributed by atoms with van der Waals surface area (Å²) in [6.07, 6.45) is 2.15. The number of halogens is 1. The Morgan fingerprint density at radius 1 is 1.10 bits per heavy atom. The van der Waals surface area contributed by atoms with E-state index in [0.717, 1.165) is 22.5 Å². The van der Waals surface area contributed by atoms with Crippen LogP contribution in [0.4, 0.5) is 4.39 Å². The lowest BCUT2D eigenvalue weighted by atomic mass is 10.0. The number of nitrogens with zero attached hydrogens (tertiary/aromatic N) is 4. The third-order valence-corrected chi connectivity index (χ3v) is 5.99. The molecule has 5 rings (SSSR count). The molecule has 0 aliphatic carbocycles. The molecule has 0 saturated carbocycles. The van der Waals surface area contributed by atoms with E-state index in [1.54, 1.807) is 42.3 Å². The highest BCUT2D eigenvalue weighted by molar-refractivity contribution is 5.94. The van der Waals surface area contributed by atoms with Crippen molar-refractivity contribution in [2.45, 2.75) is 61.1 Å². The van der Waals surface area contributed by atoms with Crippen LogP contribution in [-0.2, 0) is 29.0 Å². The Balaban J connectivity index is 0.000000554. The molecule has 0 bridgehead atoms. The molecule has 1 aliphatic heterocycles. The molecule has 40 heavy (non-hydrogen) atoms. The normalized spacial score (nSPS) is 11.5. The third-order valence-electron chi connectivity index (χ3n) is 5.99. The van der Waals surface area contributed by atoms with E-state index >= 15 is 0 Å². The molecule has 2 aromatic carbocycles. The van der Waals surface area contributed by atoms with Crippen molar-refractivity contribution >= 4 is 23.2 Å². The molecule has 9 nitrogen and oxygen atoms in total. The lowest BCUT2D eigenvalue weighted by Gasteiger charge is -2.28. The van der Waals surface area contributed by atoms with Crippen LogP contribution in [0.1, 0.15) is 67.8 Å². The number of fused-ring (bicyclic) bond motifs is 2. The molecule has 3 heterocycles. The summed E-state index contributed by atoms with van der Waals surface area (Å²) in [5.41, 5.74) is 2.23. The Kier molecular flexibility index (Phi) is 12.7. The van der Waals surface area contributed by atoms with E-state index in [4.69, 9.17) is 0 Å². The maximum absolute atomic E-state index is 14.6. The Morgan fingerprint density at radius 2 is 1.80 bits per heavy atom. The molecule has 1 N–H and O–H groups in total. The van der Waals surface area contributed by atoms with Crippen LogP contribution in [0.3, 0.4) is 0 Å². The number of imidazole rings is 1. The number of aryl methyl sites for hydroxylation is 1. The van der Waals surface area contributed by atoms with Crippen LogP contribution in [0, 0.1) is 12.7 Å². The largest absolute Gasteiger partial charge is 0.468 e. The zero-order valence-electron chi connectivity index (χ0n) is 24.0. The molecular formula is C30H38FN5O4. The first-order valence-electron chi connectivity index (χ1n) is 13.5. The molecule has 214 valence electrons. The number of carbonyl (C=O) groups is 2. The summed E-state index contributed by atoms with van der Waals surface area (Å²) in [6, 6.07) is 11.7. The summed E-state index contributed by atoms with van der Waals surface area (Å²) >= 11 is 0. The predicted octanol–water partition coefficient (Wildman–Crippen LogP) is 5.05. The Bertz CT molecular complexity index is 1460. The van der Waals surface area contributed by atoms with Crippen LogP contribution in [0.25, 0.3) is 10.8 Å². The van der Waals surface area contributed by atoms with Crippen LogP contribution in [-0.4, -0.2) is 50.2 Å². The van der Waals surface area contributed by atoms with Crippen molar-refractivity contribution in [1.82, 2.24) is 24.6 Å². The van der Waals surface area contributed by atoms with Gasteiger partial charge in [-0.1, -0.05) is 52.0 Å². The molecule has 0 radical (unpaired) electrons. The summed E-state index contributed by atoms with van der Waals surface area (Å²) in [6.45, 7) is 14.1. The minimum absolute atomic E-state index is 0.0305. The molecular weight excluding hydrogens is 513 g/mol. The monoisotopic (exact) mass is 551 g/mol. The van der Waals surface area contributed by atoms with Gasteiger partial charge in [-0.3, -0.25) is 14.4 Å². The predicted molar refractivity (Wildman–Crippen MR) is 154 cm³/mol. The lowest BCUT2D eigenvalue weighted by molar-refractivity contribution is -0.128. The summed E-state index contributed by atoms with van der Waals surface area (Å²) in [4.78, 5) is 40.3. The number of aromatic amines is 1. The highest BCUT2D eigenvalue weighted by atomic mass is 19.1. The van der Waals surface area contributed by atoms with Gasteiger partial charge in [0.1, 0.15) is 11.6 Å². The molecule has 4 aromatic rings. The van der Waals surface area contributed by atoms with Gasteiger partial charge in [-0.25, -0.2) is 14.5 Å². The van der Waals surface area contributed by atoms with Crippen molar-refractivity contribution < 1.29 is 18.7 Å². The fourth-order valence-corrected chi connectivity index (χ4v) is 4.17. The van der Waals surface area contributed by atoms with Gasteiger partial charge >= 0.3 is 0 Å². The Labute approximate surface area is 234 Å². The minimum atomic E-state index is -0.557. The number of H-pyrrole nitrogens is 1. The van der Waals surface area contributed by atoms with Crippen LogP contribution in [0.15, 0.2) is 53.5 Å². The number of ether oxygens (including phenoxy) is 1. The highest BCUT2D eigenvalue weighted by Crippen LogP contribution is 2.21. The van der Waals surface area contributed by atoms with Gasteiger partial charge in [0.15, 0.2) is 0 Å². The van der Waals surface area contributed by atoms with E-state index in [1.165, 1.54) is 6.07 Å². The van der Waals surface area contributed by atoms with Gasteiger partial charge in [0.2, 0.25) is 0 Å². The summed E-state index contributed by atoms with van der Waals surface area (Å²) in [7, 11) is 0. The maximum Gasteiger partial charge on any atom is 0.293 e. The number of rotatable bonds is 5. The first-order chi connectivity index (χ1) is 19.4. The number of hydrogen-bond donors (Lipinski definition) is 1. The number of benzene rings is 2. The number of hydrogen-bond acceptors (Lipinski definition) is 6. The molecule has 1 amide bonds. The number of nitrogens with one attached hydrogen (secondary N) is 1. The van der Waals surface area contributed by atoms with E-state index in [0.29, 0.717) is 50.2 Å². The van der Waals surface area contributed by atoms with Gasteiger partial charge < -0.3 is 14.2 Å². The first kappa shape index (κ1) is 31.9. The van der Waals surface area contributed by atoms with Crippen LogP contribution < -0.4 is 5.56 Å². The summed E-state index contributed by atoms with van der Waals surface area (Å²) in [5.74, 6) is -0.110. The van der Waals surface area contributed by atoms with Gasteiger partial charge in [-0.2, -0.15) is 5.10 Å². The van der Waals surface area contributed by atoms with Crippen molar-refractivity contribution in [3.05, 3.63) is 93.2 Å². The first-order valence-corrected chi connectivity index (χ1v) is 13.5. The van der Waals surface area contributed by atoms with Crippen molar-refractivity contribution in [2.75, 3.05) is 13.2 Å². The maximum atomic E-state index is 14.6. The zero-order valence-corrected chi connectivity index (χ0v) is 24.0. The lowest BCUT2D eigenvalue weighted by Crippen LogP contribution is -2.39. The fourth-order valence-electron chi connectivity index (χ4n) is 4.17. The van der Waals surface area contributed by atoms with Crippen LogP contribution >= 0.6 is 0 Å². The van der Waals surface area contributed by atoms with Crippen molar-refractivity contribution in [3.8, 4) is 0 Å².